The summed E-state index contributed by atoms with van der Waals surface area (Å²) in [5.74, 6) is 0. The van der Waals surface area contributed by atoms with E-state index in [9.17, 15) is 0 Å². The van der Waals surface area contributed by atoms with Crippen LogP contribution in [0.25, 0.3) is 0 Å². The zero-order valence-electron chi connectivity index (χ0n) is 8.82. The molecule has 14 heavy (non-hydrogen) atoms. The summed E-state index contributed by atoms with van der Waals surface area (Å²) >= 11 is 1.72. The van der Waals surface area contributed by atoms with Gasteiger partial charge in [0, 0.05) is 38.0 Å². The van der Waals surface area contributed by atoms with Crippen LogP contribution in [0.2, 0.25) is 0 Å². The van der Waals surface area contributed by atoms with Gasteiger partial charge in [-0.2, -0.15) is 0 Å². The molecular formula is C10H18N2OS. The lowest BCUT2D eigenvalue weighted by Gasteiger charge is -1.99. The fourth-order valence-electron chi connectivity index (χ4n) is 1.26. The Hall–Kier alpha value is -0.450. The van der Waals surface area contributed by atoms with E-state index in [-0.39, 0.29) is 6.04 Å². The average Bonchev–Trinajstić information content (AvgIpc) is 2.52. The van der Waals surface area contributed by atoms with Crippen LogP contribution in [-0.2, 0) is 17.6 Å². The molecule has 0 spiro atoms. The predicted octanol–water partition coefficient (Wildman–Crippen LogP) is 1.61. The highest BCUT2D eigenvalue weighted by molar-refractivity contribution is 7.09. The SMILES string of the molecule is COCCCc1nc(CC(C)N)cs1. The van der Waals surface area contributed by atoms with Crippen molar-refractivity contribution >= 4 is 11.3 Å². The number of aryl methyl sites for hydroxylation is 1. The average molecular weight is 214 g/mol. The number of ether oxygens (including phenoxy) is 1. The third-order valence-electron chi connectivity index (χ3n) is 1.87. The van der Waals surface area contributed by atoms with E-state index in [1.807, 2.05) is 6.92 Å². The summed E-state index contributed by atoms with van der Waals surface area (Å²) in [7, 11) is 1.73. The zero-order valence-corrected chi connectivity index (χ0v) is 9.64. The molecule has 0 aromatic carbocycles. The molecular weight excluding hydrogens is 196 g/mol. The number of hydrogen-bond donors (Lipinski definition) is 1. The van der Waals surface area contributed by atoms with Gasteiger partial charge in [0.25, 0.3) is 0 Å². The summed E-state index contributed by atoms with van der Waals surface area (Å²) in [6.45, 7) is 2.81. The topological polar surface area (TPSA) is 48.1 Å². The van der Waals surface area contributed by atoms with Gasteiger partial charge in [-0.15, -0.1) is 11.3 Å². The lowest BCUT2D eigenvalue weighted by molar-refractivity contribution is 0.195. The van der Waals surface area contributed by atoms with Crippen molar-refractivity contribution in [2.75, 3.05) is 13.7 Å². The smallest absolute Gasteiger partial charge is 0.0929 e. The van der Waals surface area contributed by atoms with Gasteiger partial charge in [-0.3, -0.25) is 0 Å². The standard InChI is InChI=1S/C10H18N2OS/c1-8(11)6-9-7-14-10(12-9)4-3-5-13-2/h7-8H,3-6,11H2,1-2H3. The largest absolute Gasteiger partial charge is 0.385 e. The van der Waals surface area contributed by atoms with Crippen LogP contribution >= 0.6 is 11.3 Å². The lowest BCUT2D eigenvalue weighted by Crippen LogP contribution is -2.17. The van der Waals surface area contributed by atoms with E-state index in [4.69, 9.17) is 10.5 Å². The maximum atomic E-state index is 5.70. The molecule has 1 aromatic heterocycles. The number of nitrogens with two attached hydrogens (primary N) is 1. The number of nitrogens with zero attached hydrogens (tertiary/aromatic N) is 1. The first-order valence-corrected chi connectivity index (χ1v) is 5.78. The van der Waals surface area contributed by atoms with Gasteiger partial charge in [-0.1, -0.05) is 0 Å². The van der Waals surface area contributed by atoms with Crippen LogP contribution in [0.1, 0.15) is 24.0 Å². The quantitative estimate of drug-likeness (QED) is 0.732. The van der Waals surface area contributed by atoms with Crippen molar-refractivity contribution in [3.8, 4) is 0 Å². The molecule has 1 aromatic rings. The minimum Gasteiger partial charge on any atom is -0.385 e. The van der Waals surface area contributed by atoms with Gasteiger partial charge in [0.2, 0.25) is 0 Å². The van der Waals surface area contributed by atoms with Gasteiger partial charge in [-0.25, -0.2) is 4.98 Å². The molecule has 0 amide bonds. The fraction of sp³-hybridized carbons (Fsp3) is 0.700. The van der Waals surface area contributed by atoms with E-state index < -0.39 is 0 Å². The Balaban J connectivity index is 2.35. The van der Waals surface area contributed by atoms with Crippen molar-refractivity contribution in [2.24, 2.45) is 5.73 Å². The lowest BCUT2D eigenvalue weighted by atomic mass is 10.2. The monoisotopic (exact) mass is 214 g/mol. The number of thiazole rings is 1. The summed E-state index contributed by atoms with van der Waals surface area (Å²) < 4.78 is 4.99. The maximum absolute atomic E-state index is 5.70. The van der Waals surface area contributed by atoms with Crippen LogP contribution in [0.3, 0.4) is 0 Å². The van der Waals surface area contributed by atoms with Gasteiger partial charge in [0.05, 0.1) is 10.7 Å². The van der Waals surface area contributed by atoms with Crippen molar-refractivity contribution in [1.82, 2.24) is 4.98 Å². The van der Waals surface area contributed by atoms with Crippen molar-refractivity contribution < 1.29 is 4.74 Å². The first-order valence-electron chi connectivity index (χ1n) is 4.90. The second-order valence-corrected chi connectivity index (χ2v) is 4.45. The van der Waals surface area contributed by atoms with E-state index in [2.05, 4.69) is 10.4 Å². The number of hydrogen-bond acceptors (Lipinski definition) is 4. The van der Waals surface area contributed by atoms with Crippen LogP contribution in [0.15, 0.2) is 5.38 Å². The summed E-state index contributed by atoms with van der Waals surface area (Å²) in [6.07, 6.45) is 2.93. The molecule has 2 N–H and O–H groups in total. The molecule has 1 atom stereocenters. The molecule has 0 fully saturated rings. The molecule has 0 aliphatic carbocycles. The molecule has 4 heteroatoms. The first kappa shape index (κ1) is 11.6. The van der Waals surface area contributed by atoms with Crippen molar-refractivity contribution in [1.29, 1.82) is 0 Å². The molecule has 0 aliphatic heterocycles. The number of rotatable bonds is 6. The molecule has 0 saturated carbocycles. The molecule has 0 aliphatic rings. The van der Waals surface area contributed by atoms with Crippen molar-refractivity contribution in [3.05, 3.63) is 16.1 Å². The normalized spacial score (nSPS) is 13.1. The fourth-order valence-corrected chi connectivity index (χ4v) is 2.11. The number of methoxy groups -OCH3 is 1. The molecule has 3 nitrogen and oxygen atoms in total. The summed E-state index contributed by atoms with van der Waals surface area (Å²) in [6, 6.07) is 0.198. The third-order valence-corrected chi connectivity index (χ3v) is 2.83. The minimum absolute atomic E-state index is 0.198. The number of aromatic nitrogens is 1. The van der Waals surface area contributed by atoms with Gasteiger partial charge < -0.3 is 10.5 Å². The Morgan fingerprint density at radius 3 is 3.07 bits per heavy atom. The van der Waals surface area contributed by atoms with Gasteiger partial charge in [0.15, 0.2) is 0 Å². The molecule has 0 bridgehead atoms. The van der Waals surface area contributed by atoms with Crippen molar-refractivity contribution in [2.45, 2.75) is 32.2 Å². The van der Waals surface area contributed by atoms with Gasteiger partial charge in [-0.05, 0) is 13.3 Å². The van der Waals surface area contributed by atoms with Crippen LogP contribution in [-0.4, -0.2) is 24.7 Å². The highest BCUT2D eigenvalue weighted by Crippen LogP contribution is 2.12. The van der Waals surface area contributed by atoms with E-state index in [1.165, 1.54) is 5.01 Å². The van der Waals surface area contributed by atoms with Crippen LogP contribution in [0.4, 0.5) is 0 Å². The summed E-state index contributed by atoms with van der Waals surface area (Å²) in [4.78, 5) is 4.51. The minimum atomic E-state index is 0.198. The first-order chi connectivity index (χ1) is 6.72. The zero-order chi connectivity index (χ0) is 10.4. The molecule has 1 unspecified atom stereocenters. The van der Waals surface area contributed by atoms with Crippen molar-refractivity contribution in [3.63, 3.8) is 0 Å². The molecule has 0 radical (unpaired) electrons. The highest BCUT2D eigenvalue weighted by atomic mass is 32.1. The maximum Gasteiger partial charge on any atom is 0.0929 e. The Morgan fingerprint density at radius 1 is 1.64 bits per heavy atom. The molecule has 1 rings (SSSR count). The van der Waals surface area contributed by atoms with Crippen LogP contribution in [0.5, 0.6) is 0 Å². The Kier molecular flexibility index (Phi) is 5.07. The second-order valence-electron chi connectivity index (χ2n) is 3.51. The van der Waals surface area contributed by atoms with E-state index in [0.717, 1.165) is 31.6 Å². The summed E-state index contributed by atoms with van der Waals surface area (Å²) in [5, 5.41) is 3.29. The van der Waals surface area contributed by atoms with Crippen LogP contribution < -0.4 is 5.73 Å². The summed E-state index contributed by atoms with van der Waals surface area (Å²) in [5.41, 5.74) is 6.82. The highest BCUT2D eigenvalue weighted by Gasteiger charge is 2.03. The Labute approximate surface area is 89.3 Å². The van der Waals surface area contributed by atoms with E-state index >= 15 is 0 Å². The van der Waals surface area contributed by atoms with Gasteiger partial charge in [0.1, 0.15) is 0 Å². The molecule has 80 valence electrons. The van der Waals surface area contributed by atoms with Crippen LogP contribution in [0, 0.1) is 0 Å². The predicted molar refractivity (Wildman–Crippen MR) is 59.7 cm³/mol. The third kappa shape index (κ3) is 4.17. The van der Waals surface area contributed by atoms with E-state index in [1.54, 1.807) is 18.4 Å². The van der Waals surface area contributed by atoms with Gasteiger partial charge >= 0.3 is 0 Å². The van der Waals surface area contributed by atoms with E-state index in [0.29, 0.717) is 0 Å². The Bertz CT molecular complexity index is 260. The Morgan fingerprint density at radius 2 is 2.43 bits per heavy atom. The second kappa shape index (κ2) is 6.11. The molecule has 1 heterocycles. The molecule has 0 saturated heterocycles.